The van der Waals surface area contributed by atoms with Crippen molar-refractivity contribution in [2.75, 3.05) is 5.75 Å². The summed E-state index contributed by atoms with van der Waals surface area (Å²) in [5, 5.41) is 10.3. The molecule has 0 aromatic carbocycles. The van der Waals surface area contributed by atoms with E-state index in [1.165, 1.54) is 18.2 Å². The van der Waals surface area contributed by atoms with Gasteiger partial charge < -0.3 is 0 Å². The highest BCUT2D eigenvalue weighted by Crippen LogP contribution is 2.21. The van der Waals surface area contributed by atoms with Gasteiger partial charge in [0.15, 0.2) is 0 Å². The second-order valence-electron chi connectivity index (χ2n) is 3.60. The van der Waals surface area contributed by atoms with E-state index in [1.54, 1.807) is 0 Å². The second-order valence-corrected chi connectivity index (χ2v) is 4.48. The molecule has 0 spiro atoms. The molecular formula is C8H15NS. The van der Waals surface area contributed by atoms with Crippen LogP contribution in [0.3, 0.4) is 0 Å². The van der Waals surface area contributed by atoms with Gasteiger partial charge in [0.2, 0.25) is 0 Å². The maximum atomic E-state index is 8.21. The third kappa shape index (κ3) is 7.84. The van der Waals surface area contributed by atoms with Crippen molar-refractivity contribution in [3.63, 3.8) is 0 Å². The summed E-state index contributed by atoms with van der Waals surface area (Å²) in [5.41, 5.74) is 0.427. The average molecular weight is 157 g/mol. The molecule has 0 aliphatic rings. The summed E-state index contributed by atoms with van der Waals surface area (Å²) in [6.45, 7) is 6.68. The van der Waals surface area contributed by atoms with Crippen LogP contribution in [0.2, 0.25) is 0 Å². The third-order valence-electron chi connectivity index (χ3n) is 1.24. The Kier molecular flexibility index (Phi) is 4.55. The molecule has 0 saturated carbocycles. The topological polar surface area (TPSA) is 23.8 Å². The number of rotatable bonds is 3. The van der Waals surface area contributed by atoms with Gasteiger partial charge in [-0.05, 0) is 30.0 Å². The number of thioether (sulfide) groups is 1. The number of hydrogen-bond donors (Lipinski definition) is 0. The molecule has 58 valence electrons. The second kappa shape index (κ2) is 4.62. The zero-order valence-corrected chi connectivity index (χ0v) is 7.79. The summed E-state index contributed by atoms with van der Waals surface area (Å²) in [7, 11) is 0. The van der Waals surface area contributed by atoms with Crippen LogP contribution in [-0.2, 0) is 0 Å². The zero-order chi connectivity index (χ0) is 8.04. The molecule has 0 aromatic heterocycles. The molecule has 0 rings (SSSR count). The molecule has 0 aliphatic carbocycles. The molecule has 0 atom stereocenters. The zero-order valence-electron chi connectivity index (χ0n) is 6.98. The van der Waals surface area contributed by atoms with Gasteiger partial charge in [0.25, 0.3) is 0 Å². The van der Waals surface area contributed by atoms with Gasteiger partial charge in [-0.3, -0.25) is 0 Å². The van der Waals surface area contributed by atoms with Gasteiger partial charge in [-0.1, -0.05) is 20.8 Å². The van der Waals surface area contributed by atoms with Crippen LogP contribution in [0.5, 0.6) is 0 Å². The fourth-order valence-corrected chi connectivity index (χ4v) is 1.10. The number of nitrogens with zero attached hydrogens (tertiary/aromatic N) is 1. The minimum absolute atomic E-state index is 0.427. The summed E-state index contributed by atoms with van der Waals surface area (Å²) < 4.78 is 0. The number of nitriles is 1. The summed E-state index contributed by atoms with van der Waals surface area (Å²) >= 11 is 1.35. The van der Waals surface area contributed by atoms with Gasteiger partial charge >= 0.3 is 0 Å². The molecule has 0 N–H and O–H groups in total. The van der Waals surface area contributed by atoms with Crippen molar-refractivity contribution in [1.82, 2.24) is 0 Å². The minimum Gasteiger partial charge on any atom is -0.185 e. The maximum Gasteiger partial charge on any atom is 0.133 e. The van der Waals surface area contributed by atoms with E-state index in [-0.39, 0.29) is 0 Å². The summed E-state index contributed by atoms with van der Waals surface area (Å²) in [6.07, 6.45) is 2.36. The van der Waals surface area contributed by atoms with Crippen LogP contribution >= 0.6 is 11.8 Å². The first-order chi connectivity index (χ1) is 4.56. The van der Waals surface area contributed by atoms with E-state index in [2.05, 4.69) is 26.2 Å². The Balaban J connectivity index is 3.14. The van der Waals surface area contributed by atoms with Crippen LogP contribution < -0.4 is 0 Å². The largest absolute Gasteiger partial charge is 0.185 e. The van der Waals surface area contributed by atoms with E-state index in [0.29, 0.717) is 5.41 Å². The molecule has 10 heavy (non-hydrogen) atoms. The molecule has 0 fully saturated rings. The highest BCUT2D eigenvalue weighted by atomic mass is 32.2. The summed E-state index contributed by atoms with van der Waals surface area (Å²) in [4.78, 5) is 0. The van der Waals surface area contributed by atoms with Crippen molar-refractivity contribution in [1.29, 1.82) is 5.26 Å². The third-order valence-corrected chi connectivity index (χ3v) is 1.86. The van der Waals surface area contributed by atoms with E-state index >= 15 is 0 Å². The lowest BCUT2D eigenvalue weighted by molar-refractivity contribution is 0.375. The van der Waals surface area contributed by atoms with Crippen molar-refractivity contribution in [3.8, 4) is 5.40 Å². The average Bonchev–Trinajstić information content (AvgIpc) is 1.78. The van der Waals surface area contributed by atoms with Gasteiger partial charge in [-0.15, -0.1) is 0 Å². The van der Waals surface area contributed by atoms with E-state index in [4.69, 9.17) is 5.26 Å². The Morgan fingerprint density at radius 1 is 1.40 bits per heavy atom. The van der Waals surface area contributed by atoms with Crippen LogP contribution in [0.25, 0.3) is 0 Å². The van der Waals surface area contributed by atoms with Gasteiger partial charge in [-0.2, -0.15) is 5.26 Å². The fraction of sp³-hybridized carbons (Fsp3) is 0.875. The van der Waals surface area contributed by atoms with E-state index in [0.717, 1.165) is 12.2 Å². The monoisotopic (exact) mass is 157 g/mol. The highest BCUT2D eigenvalue weighted by Gasteiger charge is 2.08. The Hall–Kier alpha value is -0.160. The van der Waals surface area contributed by atoms with Gasteiger partial charge in [0.05, 0.1) is 0 Å². The molecular weight excluding hydrogens is 142 g/mol. The van der Waals surface area contributed by atoms with E-state index < -0.39 is 0 Å². The lowest BCUT2D eigenvalue weighted by Gasteiger charge is -2.16. The fourth-order valence-electron chi connectivity index (χ4n) is 0.720. The summed E-state index contributed by atoms with van der Waals surface area (Å²) in [6, 6.07) is 0. The number of hydrogen-bond acceptors (Lipinski definition) is 2. The van der Waals surface area contributed by atoms with Crippen LogP contribution in [-0.4, -0.2) is 5.75 Å². The smallest absolute Gasteiger partial charge is 0.133 e. The molecule has 0 aliphatic heterocycles. The van der Waals surface area contributed by atoms with Crippen LogP contribution in [0, 0.1) is 16.1 Å². The first kappa shape index (κ1) is 9.84. The first-order valence-electron chi connectivity index (χ1n) is 3.57. The molecule has 0 unspecified atom stereocenters. The van der Waals surface area contributed by atoms with Crippen molar-refractivity contribution >= 4 is 11.8 Å². The Labute approximate surface area is 67.8 Å². The molecule has 0 saturated heterocycles. The lowest BCUT2D eigenvalue weighted by atomic mass is 9.91. The van der Waals surface area contributed by atoms with Crippen LogP contribution in [0.1, 0.15) is 33.6 Å². The molecule has 0 radical (unpaired) electrons. The Morgan fingerprint density at radius 2 is 2.00 bits per heavy atom. The van der Waals surface area contributed by atoms with Crippen LogP contribution in [0.4, 0.5) is 0 Å². The predicted octanol–water partition coefficient (Wildman–Crippen LogP) is 3.03. The van der Waals surface area contributed by atoms with Gasteiger partial charge in [0, 0.05) is 5.75 Å². The van der Waals surface area contributed by atoms with E-state index in [9.17, 15) is 0 Å². The molecule has 0 bridgehead atoms. The maximum absolute atomic E-state index is 8.21. The normalized spacial score (nSPS) is 11.0. The standard InChI is InChI=1S/C8H15NS/c1-8(2,3)5-4-6-10-7-9/h4-6H2,1-3H3. The Morgan fingerprint density at radius 3 is 2.40 bits per heavy atom. The molecule has 0 aromatic rings. The van der Waals surface area contributed by atoms with Gasteiger partial charge in [0.1, 0.15) is 5.40 Å². The van der Waals surface area contributed by atoms with Crippen molar-refractivity contribution in [2.45, 2.75) is 33.6 Å². The van der Waals surface area contributed by atoms with Gasteiger partial charge in [-0.25, -0.2) is 0 Å². The van der Waals surface area contributed by atoms with E-state index in [1.807, 2.05) is 0 Å². The van der Waals surface area contributed by atoms with Crippen molar-refractivity contribution in [3.05, 3.63) is 0 Å². The minimum atomic E-state index is 0.427. The molecule has 0 heterocycles. The molecule has 1 nitrogen and oxygen atoms in total. The van der Waals surface area contributed by atoms with Crippen molar-refractivity contribution in [2.24, 2.45) is 5.41 Å². The first-order valence-corrected chi connectivity index (χ1v) is 4.56. The lowest BCUT2D eigenvalue weighted by Crippen LogP contribution is -2.04. The quantitative estimate of drug-likeness (QED) is 0.464. The highest BCUT2D eigenvalue weighted by molar-refractivity contribution is 8.03. The predicted molar refractivity (Wildman–Crippen MR) is 46.8 cm³/mol. The van der Waals surface area contributed by atoms with Crippen molar-refractivity contribution < 1.29 is 0 Å². The molecule has 2 heteroatoms. The number of thiocyanates is 1. The molecule has 0 amide bonds. The Bertz CT molecular complexity index is 118. The summed E-state index contributed by atoms with van der Waals surface area (Å²) in [5.74, 6) is 0.980. The SMILES string of the molecule is CC(C)(C)CCCSC#N. The van der Waals surface area contributed by atoms with Crippen LogP contribution in [0.15, 0.2) is 0 Å².